The Morgan fingerprint density at radius 1 is 1.28 bits per heavy atom. The molecule has 0 fully saturated rings. The second-order valence-corrected chi connectivity index (χ2v) is 5.01. The predicted octanol–water partition coefficient (Wildman–Crippen LogP) is 3.70. The number of hydrogen-bond acceptors (Lipinski definition) is 2. The van der Waals surface area contributed by atoms with Crippen molar-refractivity contribution in [2.24, 2.45) is 0 Å². The van der Waals surface area contributed by atoms with Crippen molar-refractivity contribution in [1.82, 2.24) is 0 Å². The number of fused-ring (bicyclic) bond motifs is 3. The molecule has 0 radical (unpaired) electrons. The third kappa shape index (κ3) is 1.86. The molecule has 0 amide bonds. The summed E-state index contributed by atoms with van der Waals surface area (Å²) in [4.78, 5) is 0. The first kappa shape index (κ1) is 11.8. The summed E-state index contributed by atoms with van der Waals surface area (Å²) in [5.41, 5.74) is 2.44. The van der Waals surface area contributed by atoms with Gasteiger partial charge in [-0.2, -0.15) is 0 Å². The minimum atomic E-state index is -0.0963. The van der Waals surface area contributed by atoms with Crippen molar-refractivity contribution in [3.63, 3.8) is 0 Å². The minimum absolute atomic E-state index is 0.0963. The quantitative estimate of drug-likeness (QED) is 0.730. The van der Waals surface area contributed by atoms with E-state index in [9.17, 15) is 0 Å². The summed E-state index contributed by atoms with van der Waals surface area (Å²) in [6.07, 6.45) is 0.906. The van der Waals surface area contributed by atoms with Gasteiger partial charge in [0.1, 0.15) is 5.75 Å². The van der Waals surface area contributed by atoms with E-state index in [2.05, 4.69) is 24.3 Å². The molecule has 0 aromatic heterocycles. The molecule has 0 N–H and O–H groups in total. The molecule has 1 aliphatic heterocycles. The number of benzene rings is 2. The smallest absolute Gasteiger partial charge is 0.127 e. The van der Waals surface area contributed by atoms with Crippen LogP contribution in [0.3, 0.4) is 0 Å². The van der Waals surface area contributed by atoms with Gasteiger partial charge in [0.25, 0.3) is 0 Å². The van der Waals surface area contributed by atoms with Gasteiger partial charge in [0.15, 0.2) is 0 Å². The van der Waals surface area contributed by atoms with Gasteiger partial charge in [0.05, 0.1) is 25.7 Å². The van der Waals surface area contributed by atoms with Gasteiger partial charge in [-0.15, -0.1) is 11.6 Å². The third-order valence-electron chi connectivity index (χ3n) is 3.47. The predicted molar refractivity (Wildman–Crippen MR) is 73.6 cm³/mol. The lowest BCUT2D eigenvalue weighted by atomic mass is 9.95. The Bertz CT molecular complexity index is 580. The van der Waals surface area contributed by atoms with E-state index in [0.717, 1.165) is 29.7 Å². The Hall–Kier alpha value is -1.25. The molecule has 2 aromatic carbocycles. The fourth-order valence-corrected chi connectivity index (χ4v) is 2.88. The maximum absolute atomic E-state index is 6.40. The average molecular weight is 263 g/mol. The summed E-state index contributed by atoms with van der Waals surface area (Å²) in [7, 11) is 1.70. The van der Waals surface area contributed by atoms with Crippen molar-refractivity contribution in [1.29, 1.82) is 0 Å². The summed E-state index contributed by atoms with van der Waals surface area (Å²) >= 11 is 6.40. The molecule has 0 aliphatic carbocycles. The second kappa shape index (κ2) is 4.79. The van der Waals surface area contributed by atoms with E-state index in [1.807, 2.05) is 6.07 Å². The maximum Gasteiger partial charge on any atom is 0.127 e. The molecule has 2 nitrogen and oxygen atoms in total. The van der Waals surface area contributed by atoms with Crippen LogP contribution in [0.5, 0.6) is 5.75 Å². The zero-order valence-electron chi connectivity index (χ0n) is 10.3. The topological polar surface area (TPSA) is 18.5 Å². The minimum Gasteiger partial charge on any atom is -0.496 e. The van der Waals surface area contributed by atoms with Crippen molar-refractivity contribution >= 4 is 22.4 Å². The molecule has 0 bridgehead atoms. The second-order valence-electron chi connectivity index (χ2n) is 4.48. The summed E-state index contributed by atoms with van der Waals surface area (Å²) in [5, 5.41) is 2.27. The van der Waals surface area contributed by atoms with Crippen LogP contribution in [-0.4, -0.2) is 20.3 Å². The van der Waals surface area contributed by atoms with Gasteiger partial charge in [-0.25, -0.2) is 0 Å². The molecule has 94 valence electrons. The standard InChI is InChI=1S/C15H15ClO2/c1-17-15-8-13-11(6-7-18-9-14(13)16)10-4-2-3-5-12(10)15/h2-5,8,14H,6-7,9H2,1H3. The molecule has 1 atom stereocenters. The van der Waals surface area contributed by atoms with E-state index in [1.165, 1.54) is 10.9 Å². The van der Waals surface area contributed by atoms with Crippen molar-refractivity contribution in [3.05, 3.63) is 41.5 Å². The highest BCUT2D eigenvalue weighted by atomic mass is 35.5. The Labute approximate surface area is 111 Å². The van der Waals surface area contributed by atoms with Gasteiger partial charge in [-0.3, -0.25) is 0 Å². The average Bonchev–Trinajstić information content (AvgIpc) is 2.60. The zero-order chi connectivity index (χ0) is 12.5. The Morgan fingerprint density at radius 2 is 2.06 bits per heavy atom. The molecular formula is C15H15ClO2. The van der Waals surface area contributed by atoms with E-state index >= 15 is 0 Å². The van der Waals surface area contributed by atoms with Crippen LogP contribution < -0.4 is 4.74 Å². The van der Waals surface area contributed by atoms with Crippen LogP contribution in [0.4, 0.5) is 0 Å². The highest BCUT2D eigenvalue weighted by Crippen LogP contribution is 2.37. The fourth-order valence-electron chi connectivity index (χ4n) is 2.60. The molecule has 3 rings (SSSR count). The van der Waals surface area contributed by atoms with Crippen molar-refractivity contribution in [3.8, 4) is 5.75 Å². The van der Waals surface area contributed by atoms with Gasteiger partial charge in [-0.1, -0.05) is 24.3 Å². The largest absolute Gasteiger partial charge is 0.496 e. The van der Waals surface area contributed by atoms with Crippen molar-refractivity contribution in [2.45, 2.75) is 11.8 Å². The normalized spacial score (nSPS) is 19.3. The molecule has 1 aliphatic rings. The Kier molecular flexibility index (Phi) is 3.14. The molecule has 18 heavy (non-hydrogen) atoms. The van der Waals surface area contributed by atoms with Crippen LogP contribution in [-0.2, 0) is 11.2 Å². The van der Waals surface area contributed by atoms with Crippen molar-refractivity contribution in [2.75, 3.05) is 20.3 Å². The van der Waals surface area contributed by atoms with E-state index in [1.54, 1.807) is 7.11 Å². The molecule has 0 spiro atoms. The summed E-state index contributed by atoms with van der Waals surface area (Å²) in [6.45, 7) is 1.29. The van der Waals surface area contributed by atoms with E-state index in [0.29, 0.717) is 6.61 Å². The van der Waals surface area contributed by atoms with E-state index in [-0.39, 0.29) is 5.38 Å². The van der Waals surface area contributed by atoms with Crippen molar-refractivity contribution < 1.29 is 9.47 Å². The number of alkyl halides is 1. The van der Waals surface area contributed by atoms with Crippen LogP contribution in [0.1, 0.15) is 16.5 Å². The highest BCUT2D eigenvalue weighted by molar-refractivity contribution is 6.21. The fraction of sp³-hybridized carbons (Fsp3) is 0.333. The maximum atomic E-state index is 6.40. The number of methoxy groups -OCH3 is 1. The first-order chi connectivity index (χ1) is 8.81. The molecule has 2 aromatic rings. The molecule has 1 heterocycles. The SMILES string of the molecule is COc1cc2c(c3ccccc13)CCOCC2Cl. The summed E-state index contributed by atoms with van der Waals surface area (Å²) in [6, 6.07) is 10.4. The Balaban J connectivity index is 2.33. The molecule has 0 saturated carbocycles. The van der Waals surface area contributed by atoms with Gasteiger partial charge < -0.3 is 9.47 Å². The summed E-state index contributed by atoms with van der Waals surface area (Å²) < 4.78 is 11.0. The number of halogens is 1. The molecule has 0 saturated heterocycles. The van der Waals surface area contributed by atoms with Crippen LogP contribution in [0.2, 0.25) is 0 Å². The van der Waals surface area contributed by atoms with Gasteiger partial charge in [0.2, 0.25) is 0 Å². The number of rotatable bonds is 1. The van der Waals surface area contributed by atoms with Gasteiger partial charge in [0, 0.05) is 5.39 Å². The molecule has 1 unspecified atom stereocenters. The van der Waals surface area contributed by atoms with E-state index in [4.69, 9.17) is 21.1 Å². The van der Waals surface area contributed by atoms with Gasteiger partial charge >= 0.3 is 0 Å². The highest BCUT2D eigenvalue weighted by Gasteiger charge is 2.20. The first-order valence-electron chi connectivity index (χ1n) is 6.11. The van der Waals surface area contributed by atoms with Crippen LogP contribution in [0.25, 0.3) is 10.8 Å². The van der Waals surface area contributed by atoms with Crippen LogP contribution >= 0.6 is 11.6 Å². The lowest BCUT2D eigenvalue weighted by molar-refractivity contribution is 0.143. The molecule has 3 heteroatoms. The third-order valence-corrected chi connectivity index (χ3v) is 3.83. The first-order valence-corrected chi connectivity index (χ1v) is 6.55. The Morgan fingerprint density at radius 3 is 2.83 bits per heavy atom. The van der Waals surface area contributed by atoms with Crippen LogP contribution in [0, 0.1) is 0 Å². The number of hydrogen-bond donors (Lipinski definition) is 0. The summed E-state index contributed by atoms with van der Waals surface area (Å²) in [5.74, 6) is 0.886. The lowest BCUT2D eigenvalue weighted by Gasteiger charge is -2.15. The monoisotopic (exact) mass is 262 g/mol. The number of ether oxygens (including phenoxy) is 2. The lowest BCUT2D eigenvalue weighted by Crippen LogP contribution is -2.00. The van der Waals surface area contributed by atoms with E-state index < -0.39 is 0 Å². The zero-order valence-corrected chi connectivity index (χ0v) is 11.0. The van der Waals surface area contributed by atoms with Gasteiger partial charge in [-0.05, 0) is 29.0 Å². The molecular weight excluding hydrogens is 248 g/mol. The van der Waals surface area contributed by atoms with Crippen LogP contribution in [0.15, 0.2) is 30.3 Å².